The molecule has 2 unspecified atom stereocenters. The zero-order chi connectivity index (χ0) is 17.1. The molecule has 2 aliphatic rings. The summed E-state index contributed by atoms with van der Waals surface area (Å²) in [5, 5.41) is 17.5. The van der Waals surface area contributed by atoms with Gasteiger partial charge < -0.3 is 15.4 Å². The fourth-order valence-electron chi connectivity index (χ4n) is 3.15. The molecule has 0 aliphatic heterocycles. The number of anilines is 1. The Morgan fingerprint density at radius 2 is 2.04 bits per heavy atom. The Bertz CT molecular complexity index is 630. The topological polar surface area (TPSA) is 93.5 Å². The lowest BCUT2D eigenvalue weighted by Gasteiger charge is -2.29. The van der Waals surface area contributed by atoms with Crippen LogP contribution < -0.4 is 10.6 Å². The van der Waals surface area contributed by atoms with Crippen LogP contribution in [0, 0.1) is 10.1 Å². The third-order valence-corrected chi connectivity index (χ3v) is 4.69. The van der Waals surface area contributed by atoms with Crippen molar-refractivity contribution in [2.24, 2.45) is 0 Å². The molecule has 2 N–H and O–H groups in total. The van der Waals surface area contributed by atoms with Crippen molar-refractivity contribution >= 4 is 17.3 Å². The van der Waals surface area contributed by atoms with Gasteiger partial charge in [0.25, 0.3) is 11.6 Å². The maximum absolute atomic E-state index is 12.1. The molecule has 24 heavy (non-hydrogen) atoms. The summed E-state index contributed by atoms with van der Waals surface area (Å²) in [6, 6.07) is 5.01. The summed E-state index contributed by atoms with van der Waals surface area (Å²) in [6.45, 7) is 0. The van der Waals surface area contributed by atoms with E-state index in [1.54, 1.807) is 19.2 Å². The molecule has 2 atom stereocenters. The van der Waals surface area contributed by atoms with E-state index < -0.39 is 4.92 Å². The van der Waals surface area contributed by atoms with E-state index in [-0.39, 0.29) is 29.8 Å². The van der Waals surface area contributed by atoms with Crippen LogP contribution in [0.5, 0.6) is 0 Å². The van der Waals surface area contributed by atoms with Crippen molar-refractivity contribution in [1.82, 2.24) is 5.32 Å². The summed E-state index contributed by atoms with van der Waals surface area (Å²) < 4.78 is 5.40. The highest BCUT2D eigenvalue weighted by atomic mass is 16.6. The van der Waals surface area contributed by atoms with Crippen molar-refractivity contribution < 1.29 is 14.5 Å². The van der Waals surface area contributed by atoms with Crippen LogP contribution in [0.1, 0.15) is 48.9 Å². The number of hydrogen-bond donors (Lipinski definition) is 2. The summed E-state index contributed by atoms with van der Waals surface area (Å²) in [5.41, 5.74) is 0.736. The van der Waals surface area contributed by atoms with E-state index in [2.05, 4.69) is 10.6 Å². The van der Waals surface area contributed by atoms with Gasteiger partial charge in [0.15, 0.2) is 0 Å². The van der Waals surface area contributed by atoms with E-state index >= 15 is 0 Å². The number of nitrogens with one attached hydrogen (secondary N) is 2. The first-order valence-corrected chi connectivity index (χ1v) is 8.45. The summed E-state index contributed by atoms with van der Waals surface area (Å²) >= 11 is 0. The Morgan fingerprint density at radius 3 is 2.71 bits per heavy atom. The molecular formula is C17H23N3O4. The first-order chi connectivity index (χ1) is 11.6. The lowest BCUT2D eigenvalue weighted by molar-refractivity contribution is -0.384. The molecule has 2 saturated carbocycles. The first-order valence-electron chi connectivity index (χ1n) is 8.45. The number of methoxy groups -OCH3 is 1. The molecular weight excluding hydrogens is 310 g/mol. The van der Waals surface area contributed by atoms with Crippen LogP contribution in [0.15, 0.2) is 18.2 Å². The second-order valence-corrected chi connectivity index (χ2v) is 6.60. The monoisotopic (exact) mass is 333 g/mol. The van der Waals surface area contributed by atoms with Crippen LogP contribution >= 0.6 is 0 Å². The predicted molar refractivity (Wildman–Crippen MR) is 90.3 cm³/mol. The Balaban J connectivity index is 1.74. The second-order valence-electron chi connectivity index (χ2n) is 6.60. The quantitative estimate of drug-likeness (QED) is 0.617. The van der Waals surface area contributed by atoms with Crippen molar-refractivity contribution in [1.29, 1.82) is 0 Å². The molecule has 0 bridgehead atoms. The number of nitrogens with zero attached hydrogens (tertiary/aromatic N) is 1. The summed E-state index contributed by atoms with van der Waals surface area (Å²) in [6.07, 6.45) is 6.01. The number of benzene rings is 1. The number of ether oxygens (including phenoxy) is 1. The molecule has 2 fully saturated rings. The van der Waals surface area contributed by atoms with Crippen molar-refractivity contribution in [2.45, 2.75) is 56.7 Å². The first kappa shape index (κ1) is 16.7. The third kappa shape index (κ3) is 4.03. The number of hydrogen-bond acceptors (Lipinski definition) is 5. The molecule has 0 aromatic heterocycles. The molecule has 0 spiro atoms. The van der Waals surface area contributed by atoms with E-state index in [9.17, 15) is 14.9 Å². The molecule has 130 valence electrons. The van der Waals surface area contributed by atoms with Crippen molar-refractivity contribution in [3.63, 3.8) is 0 Å². The van der Waals surface area contributed by atoms with Crippen molar-refractivity contribution in [2.75, 3.05) is 12.4 Å². The normalized spacial score (nSPS) is 23.5. The van der Waals surface area contributed by atoms with E-state index in [1.165, 1.54) is 6.07 Å². The molecule has 7 heteroatoms. The van der Waals surface area contributed by atoms with Crippen LogP contribution in [0.3, 0.4) is 0 Å². The number of nitro benzene ring substituents is 1. The molecule has 1 amide bonds. The lowest BCUT2D eigenvalue weighted by Crippen LogP contribution is -2.31. The zero-order valence-electron chi connectivity index (χ0n) is 13.8. The Morgan fingerprint density at radius 1 is 1.25 bits per heavy atom. The van der Waals surface area contributed by atoms with Gasteiger partial charge in [-0.1, -0.05) is 0 Å². The Kier molecular flexibility index (Phi) is 4.99. The Hall–Kier alpha value is -2.15. The van der Waals surface area contributed by atoms with Gasteiger partial charge in [-0.05, 0) is 50.7 Å². The molecule has 0 heterocycles. The minimum absolute atomic E-state index is 0.0574. The fraction of sp³-hybridized carbons (Fsp3) is 0.588. The molecule has 1 aromatic carbocycles. The lowest BCUT2D eigenvalue weighted by atomic mass is 9.92. The van der Waals surface area contributed by atoms with Gasteiger partial charge in [-0.25, -0.2) is 0 Å². The molecule has 3 rings (SSSR count). The maximum Gasteiger partial charge on any atom is 0.293 e. The number of carbonyl (C=O) groups excluding carboxylic acids is 1. The van der Waals surface area contributed by atoms with Gasteiger partial charge >= 0.3 is 0 Å². The predicted octanol–water partition coefficient (Wildman–Crippen LogP) is 2.86. The van der Waals surface area contributed by atoms with E-state index in [4.69, 9.17) is 4.74 Å². The number of nitro groups is 1. The Labute approximate surface area is 140 Å². The number of rotatable bonds is 6. The van der Waals surface area contributed by atoms with Gasteiger partial charge in [0.1, 0.15) is 5.69 Å². The van der Waals surface area contributed by atoms with E-state index in [0.717, 1.165) is 38.5 Å². The second kappa shape index (κ2) is 7.17. The smallest absolute Gasteiger partial charge is 0.293 e. The molecule has 1 aromatic rings. The van der Waals surface area contributed by atoms with Gasteiger partial charge in [0.05, 0.1) is 11.0 Å². The highest BCUT2D eigenvalue weighted by Crippen LogP contribution is 2.30. The van der Waals surface area contributed by atoms with Crippen molar-refractivity contribution in [3.05, 3.63) is 33.9 Å². The van der Waals surface area contributed by atoms with Crippen LogP contribution in [-0.4, -0.2) is 36.1 Å². The number of carbonyl (C=O) groups is 1. The van der Waals surface area contributed by atoms with E-state index in [0.29, 0.717) is 11.3 Å². The summed E-state index contributed by atoms with van der Waals surface area (Å²) in [4.78, 5) is 23.0. The SMILES string of the molecule is COC1CCCC(Nc2ccc(C(=O)NC3CC3)cc2[N+](=O)[O-])C1. The van der Waals surface area contributed by atoms with Gasteiger partial charge in [-0.2, -0.15) is 0 Å². The van der Waals surface area contributed by atoms with Crippen LogP contribution in [0.4, 0.5) is 11.4 Å². The van der Waals surface area contributed by atoms with Gasteiger partial charge in [-0.15, -0.1) is 0 Å². The van der Waals surface area contributed by atoms with Gasteiger partial charge in [0.2, 0.25) is 0 Å². The van der Waals surface area contributed by atoms with Crippen LogP contribution in [0.2, 0.25) is 0 Å². The standard InChI is InChI=1S/C17H23N3O4/c1-24-14-4-2-3-13(10-14)18-15-8-5-11(9-16(15)20(22)23)17(21)19-12-6-7-12/h5,8-9,12-14,18H,2-4,6-7,10H2,1H3,(H,19,21). The molecule has 0 saturated heterocycles. The van der Waals surface area contributed by atoms with Gasteiger partial charge in [0, 0.05) is 30.8 Å². The third-order valence-electron chi connectivity index (χ3n) is 4.69. The largest absolute Gasteiger partial charge is 0.381 e. The van der Waals surface area contributed by atoms with E-state index in [1.807, 2.05) is 0 Å². The molecule has 2 aliphatic carbocycles. The minimum atomic E-state index is -0.438. The van der Waals surface area contributed by atoms with Gasteiger partial charge in [-0.3, -0.25) is 14.9 Å². The zero-order valence-corrected chi connectivity index (χ0v) is 13.8. The summed E-state index contributed by atoms with van der Waals surface area (Å²) in [7, 11) is 1.70. The highest BCUT2D eigenvalue weighted by molar-refractivity contribution is 5.96. The average Bonchev–Trinajstić information content (AvgIpc) is 3.39. The highest BCUT2D eigenvalue weighted by Gasteiger charge is 2.27. The minimum Gasteiger partial charge on any atom is -0.381 e. The average molecular weight is 333 g/mol. The fourth-order valence-corrected chi connectivity index (χ4v) is 3.15. The van der Waals surface area contributed by atoms with Crippen molar-refractivity contribution in [3.8, 4) is 0 Å². The molecule has 7 nitrogen and oxygen atoms in total. The molecule has 0 radical (unpaired) electrons. The van der Waals surface area contributed by atoms with Crippen LogP contribution in [0.25, 0.3) is 0 Å². The maximum atomic E-state index is 12.1. The summed E-state index contributed by atoms with van der Waals surface area (Å²) in [5.74, 6) is -0.246. The number of amides is 1. The van der Waals surface area contributed by atoms with Crippen LogP contribution in [-0.2, 0) is 4.74 Å².